The summed E-state index contributed by atoms with van der Waals surface area (Å²) >= 11 is 0. The van der Waals surface area contributed by atoms with E-state index in [4.69, 9.17) is 0 Å². The lowest BCUT2D eigenvalue weighted by Crippen LogP contribution is -1.96. The van der Waals surface area contributed by atoms with Gasteiger partial charge in [0.1, 0.15) is 0 Å². The lowest BCUT2D eigenvalue weighted by atomic mass is 11.0. The van der Waals surface area contributed by atoms with Gasteiger partial charge in [0.05, 0.1) is 0 Å². The van der Waals surface area contributed by atoms with Crippen molar-refractivity contribution in [1.82, 2.24) is 5.01 Å². The molecule has 0 atom stereocenters. The topological polar surface area (TPSA) is 28.0 Å². The maximum absolute atomic E-state index is 3.58. The molecule has 44 valence electrons. The summed E-state index contributed by atoms with van der Waals surface area (Å²) in [5.41, 5.74) is 0. The molecule has 0 bridgehead atoms. The molecular weight excluding hydrogens is 102 g/mol. The van der Waals surface area contributed by atoms with Crippen molar-refractivity contribution in [2.24, 2.45) is 10.3 Å². The van der Waals surface area contributed by atoms with Crippen LogP contribution in [0.1, 0.15) is 0 Å². The van der Waals surface area contributed by atoms with Gasteiger partial charge in [-0.2, -0.15) is 0 Å². The van der Waals surface area contributed by atoms with Crippen LogP contribution >= 0.6 is 0 Å². The molecule has 0 aromatic rings. The SMILES string of the molecule is C=C/N=N\N(C)C=C. The van der Waals surface area contributed by atoms with Crippen LogP contribution in [0.25, 0.3) is 0 Å². The van der Waals surface area contributed by atoms with Crippen molar-refractivity contribution in [2.45, 2.75) is 0 Å². The molecule has 0 radical (unpaired) electrons. The summed E-state index contributed by atoms with van der Waals surface area (Å²) < 4.78 is 0. The molecule has 0 saturated carbocycles. The van der Waals surface area contributed by atoms with Crippen LogP contribution in [0.4, 0.5) is 0 Å². The van der Waals surface area contributed by atoms with Crippen LogP contribution in [0.2, 0.25) is 0 Å². The predicted octanol–water partition coefficient (Wildman–Crippen LogP) is 1.57. The van der Waals surface area contributed by atoms with Crippen LogP contribution in [0.5, 0.6) is 0 Å². The van der Waals surface area contributed by atoms with Crippen LogP contribution in [0.15, 0.2) is 35.9 Å². The van der Waals surface area contributed by atoms with Crippen molar-refractivity contribution in [3.05, 3.63) is 25.6 Å². The lowest BCUT2D eigenvalue weighted by Gasteiger charge is -1.98. The smallest absolute Gasteiger partial charge is 0.0441 e. The van der Waals surface area contributed by atoms with Gasteiger partial charge in [-0.05, 0) is 0 Å². The van der Waals surface area contributed by atoms with Gasteiger partial charge < -0.3 is 0 Å². The summed E-state index contributed by atoms with van der Waals surface area (Å²) in [6.45, 7) is 6.80. The van der Waals surface area contributed by atoms with Crippen LogP contribution in [0, 0.1) is 0 Å². The molecular formula is C5H9N3. The van der Waals surface area contributed by atoms with E-state index in [0.29, 0.717) is 0 Å². The van der Waals surface area contributed by atoms with Gasteiger partial charge in [0.2, 0.25) is 0 Å². The van der Waals surface area contributed by atoms with Crippen molar-refractivity contribution in [2.75, 3.05) is 7.05 Å². The Bertz CT molecular complexity index is 106. The van der Waals surface area contributed by atoms with E-state index >= 15 is 0 Å². The molecule has 0 N–H and O–H groups in total. The van der Waals surface area contributed by atoms with Crippen LogP contribution < -0.4 is 0 Å². The van der Waals surface area contributed by atoms with Gasteiger partial charge in [-0.25, -0.2) is 0 Å². The van der Waals surface area contributed by atoms with Crippen LogP contribution in [-0.2, 0) is 0 Å². The van der Waals surface area contributed by atoms with Crippen molar-refractivity contribution in [3.63, 3.8) is 0 Å². The Morgan fingerprint density at radius 1 is 1.50 bits per heavy atom. The number of rotatable bonds is 3. The molecule has 0 aromatic heterocycles. The molecule has 0 aliphatic carbocycles. The summed E-state index contributed by atoms with van der Waals surface area (Å²) in [5.74, 6) is 0. The zero-order valence-corrected chi connectivity index (χ0v) is 4.91. The molecule has 0 amide bonds. The second-order valence-electron chi connectivity index (χ2n) is 1.14. The highest BCUT2D eigenvalue weighted by molar-refractivity contribution is 4.62. The van der Waals surface area contributed by atoms with E-state index in [1.165, 1.54) is 11.2 Å². The number of hydrogen-bond acceptors (Lipinski definition) is 2. The summed E-state index contributed by atoms with van der Waals surface area (Å²) in [5, 5.41) is 8.56. The fourth-order valence-electron chi connectivity index (χ4n) is 0.154. The van der Waals surface area contributed by atoms with Crippen LogP contribution in [-0.4, -0.2) is 12.1 Å². The molecule has 3 heteroatoms. The van der Waals surface area contributed by atoms with E-state index < -0.39 is 0 Å². The van der Waals surface area contributed by atoms with Gasteiger partial charge in [0.25, 0.3) is 0 Å². The minimum Gasteiger partial charge on any atom is -0.258 e. The highest BCUT2D eigenvalue weighted by atomic mass is 15.5. The highest BCUT2D eigenvalue weighted by Crippen LogP contribution is 1.83. The fraction of sp³-hybridized carbons (Fsp3) is 0.200. The summed E-state index contributed by atoms with van der Waals surface area (Å²) in [6, 6.07) is 0. The molecule has 0 heterocycles. The molecule has 0 fully saturated rings. The second-order valence-corrected chi connectivity index (χ2v) is 1.14. The maximum Gasteiger partial charge on any atom is 0.0441 e. The van der Waals surface area contributed by atoms with E-state index in [1.54, 1.807) is 13.2 Å². The first-order valence-corrected chi connectivity index (χ1v) is 2.18. The van der Waals surface area contributed by atoms with E-state index in [1.807, 2.05) is 0 Å². The predicted molar refractivity (Wildman–Crippen MR) is 33.0 cm³/mol. The maximum atomic E-state index is 3.58. The van der Waals surface area contributed by atoms with Gasteiger partial charge in [0.15, 0.2) is 0 Å². The lowest BCUT2D eigenvalue weighted by molar-refractivity contribution is 0.458. The van der Waals surface area contributed by atoms with E-state index in [0.717, 1.165) is 0 Å². The quantitative estimate of drug-likeness (QED) is 0.401. The Morgan fingerprint density at radius 2 is 2.12 bits per heavy atom. The molecule has 0 saturated heterocycles. The summed E-state index contributed by atoms with van der Waals surface area (Å²) in [6.07, 6.45) is 2.91. The third-order valence-electron chi connectivity index (χ3n) is 0.539. The summed E-state index contributed by atoms with van der Waals surface area (Å²) in [4.78, 5) is 0. The molecule has 3 nitrogen and oxygen atoms in total. The van der Waals surface area contributed by atoms with Gasteiger partial charge >= 0.3 is 0 Å². The van der Waals surface area contributed by atoms with E-state index in [9.17, 15) is 0 Å². The first-order valence-electron chi connectivity index (χ1n) is 2.18. The highest BCUT2D eigenvalue weighted by Gasteiger charge is 1.74. The van der Waals surface area contributed by atoms with Gasteiger partial charge in [0, 0.05) is 19.4 Å². The first kappa shape index (κ1) is 6.88. The number of nitrogens with zero attached hydrogens (tertiary/aromatic N) is 3. The number of hydrogen-bond donors (Lipinski definition) is 0. The largest absolute Gasteiger partial charge is 0.258 e. The second kappa shape index (κ2) is 4.05. The zero-order valence-electron chi connectivity index (χ0n) is 4.91. The Morgan fingerprint density at radius 3 is 2.50 bits per heavy atom. The normalized spacial score (nSPS) is 9.12. The van der Waals surface area contributed by atoms with E-state index in [2.05, 4.69) is 23.5 Å². The van der Waals surface area contributed by atoms with Crippen molar-refractivity contribution in [3.8, 4) is 0 Å². The molecule has 8 heavy (non-hydrogen) atoms. The molecule has 0 aliphatic rings. The third-order valence-corrected chi connectivity index (χ3v) is 0.539. The van der Waals surface area contributed by atoms with Crippen molar-refractivity contribution >= 4 is 0 Å². The Labute approximate surface area is 49.0 Å². The molecule has 0 aliphatic heterocycles. The molecule has 0 aromatic carbocycles. The van der Waals surface area contributed by atoms with Gasteiger partial charge in [-0.3, -0.25) is 5.01 Å². The van der Waals surface area contributed by atoms with Gasteiger partial charge in [-0.15, -0.1) is 5.11 Å². The Balaban J connectivity index is 3.50. The zero-order chi connectivity index (χ0) is 6.41. The third kappa shape index (κ3) is 3.08. The average Bonchev–Trinajstić information content (AvgIpc) is 1.83. The first-order chi connectivity index (χ1) is 3.81. The summed E-state index contributed by atoms with van der Waals surface area (Å²) in [7, 11) is 1.74. The minimum atomic E-state index is 1.36. The van der Waals surface area contributed by atoms with Crippen molar-refractivity contribution < 1.29 is 0 Å². The molecule has 0 unspecified atom stereocenters. The monoisotopic (exact) mass is 111 g/mol. The average molecular weight is 111 g/mol. The van der Waals surface area contributed by atoms with Crippen molar-refractivity contribution in [1.29, 1.82) is 0 Å². The van der Waals surface area contributed by atoms with E-state index in [-0.39, 0.29) is 0 Å². The Hall–Kier alpha value is -1.12. The molecule has 0 spiro atoms. The minimum absolute atomic E-state index is 1.36. The fourth-order valence-corrected chi connectivity index (χ4v) is 0.154. The van der Waals surface area contributed by atoms with Crippen LogP contribution in [0.3, 0.4) is 0 Å². The van der Waals surface area contributed by atoms with Gasteiger partial charge in [-0.1, -0.05) is 18.4 Å². The standard InChI is InChI=1S/C5H9N3/c1-4-6-7-8(3)5-2/h4-5H,1-2H2,3H3/b7-6-. The molecule has 0 rings (SSSR count). The Kier molecular flexibility index (Phi) is 3.48.